The van der Waals surface area contributed by atoms with E-state index < -0.39 is 18.1 Å². The number of hydrogen-bond donors (Lipinski definition) is 2. The minimum absolute atomic E-state index is 0.0865. The number of urea groups is 1. The summed E-state index contributed by atoms with van der Waals surface area (Å²) in [4.78, 5) is 11.3. The molecule has 2 amide bonds. The summed E-state index contributed by atoms with van der Waals surface area (Å²) in [6.07, 6.45) is -4.93. The quantitative estimate of drug-likeness (QED) is 0.868. The summed E-state index contributed by atoms with van der Waals surface area (Å²) >= 11 is 0. The van der Waals surface area contributed by atoms with Crippen molar-refractivity contribution < 1.29 is 27.4 Å². The molecule has 1 aromatic rings. The van der Waals surface area contributed by atoms with Gasteiger partial charge in [0.2, 0.25) is 0 Å². The predicted molar refractivity (Wildman–Crippen MR) is 58.7 cm³/mol. The average molecular weight is 276 g/mol. The number of ether oxygens (including phenoxy) is 2. The van der Waals surface area contributed by atoms with Crippen LogP contribution in [0.1, 0.15) is 6.92 Å². The van der Waals surface area contributed by atoms with Crippen LogP contribution < -0.4 is 20.1 Å². The highest BCUT2D eigenvalue weighted by Crippen LogP contribution is 2.44. The molecule has 104 valence electrons. The van der Waals surface area contributed by atoms with Crippen molar-refractivity contribution in [3.8, 4) is 11.5 Å². The molecule has 0 aromatic heterocycles. The molecule has 19 heavy (non-hydrogen) atoms. The number of rotatable bonds is 2. The van der Waals surface area contributed by atoms with Crippen LogP contribution in [-0.4, -0.2) is 24.7 Å². The van der Waals surface area contributed by atoms with E-state index >= 15 is 0 Å². The van der Waals surface area contributed by atoms with E-state index in [1.165, 1.54) is 24.3 Å². The maximum absolute atomic E-state index is 13.1. The number of hydrogen-bond acceptors (Lipinski definition) is 3. The molecular formula is C11H11F3N2O3. The highest BCUT2D eigenvalue weighted by atomic mass is 19.4. The number of nitrogens with one attached hydrogen (secondary N) is 2. The van der Waals surface area contributed by atoms with Crippen LogP contribution in [0.3, 0.4) is 0 Å². The van der Waals surface area contributed by atoms with Gasteiger partial charge in [-0.3, -0.25) is 5.32 Å². The molecule has 0 saturated heterocycles. The van der Waals surface area contributed by atoms with Crippen LogP contribution in [0.2, 0.25) is 0 Å². The van der Waals surface area contributed by atoms with Crippen molar-refractivity contribution in [2.45, 2.75) is 19.0 Å². The van der Waals surface area contributed by atoms with Gasteiger partial charge in [0.1, 0.15) is 0 Å². The smallest absolute Gasteiger partial charge is 0.424 e. The van der Waals surface area contributed by atoms with Crippen LogP contribution in [0.25, 0.3) is 0 Å². The summed E-state index contributed by atoms with van der Waals surface area (Å²) in [5.41, 5.74) is 0. The van der Waals surface area contributed by atoms with Crippen LogP contribution in [0.4, 0.5) is 18.0 Å². The summed E-state index contributed by atoms with van der Waals surface area (Å²) in [7, 11) is 0. The average Bonchev–Trinajstić information content (AvgIpc) is 2.67. The van der Waals surface area contributed by atoms with Gasteiger partial charge in [0.15, 0.2) is 11.5 Å². The number of halogens is 3. The van der Waals surface area contributed by atoms with Gasteiger partial charge in [0.05, 0.1) is 0 Å². The van der Waals surface area contributed by atoms with E-state index in [4.69, 9.17) is 9.47 Å². The van der Waals surface area contributed by atoms with Gasteiger partial charge in [-0.15, -0.1) is 0 Å². The van der Waals surface area contributed by atoms with Crippen molar-refractivity contribution in [1.29, 1.82) is 0 Å². The van der Waals surface area contributed by atoms with E-state index in [9.17, 15) is 18.0 Å². The van der Waals surface area contributed by atoms with E-state index in [1.807, 2.05) is 0 Å². The molecule has 5 nitrogen and oxygen atoms in total. The fraction of sp³-hybridized carbons (Fsp3) is 0.364. The summed E-state index contributed by atoms with van der Waals surface area (Å²) < 4.78 is 48.8. The Morgan fingerprint density at radius 2 is 1.79 bits per heavy atom. The Kier molecular flexibility index (Phi) is 3.17. The van der Waals surface area contributed by atoms with Gasteiger partial charge < -0.3 is 14.8 Å². The van der Waals surface area contributed by atoms with Crippen LogP contribution in [0, 0.1) is 0 Å². The standard InChI is InChI=1S/C11H11F3N2O3/c1-2-15-9(17)16-11(10(12,13)14)18-7-5-3-4-6-8(7)19-11/h3-6H,2H2,1H3,(H2,15,16,17). The molecule has 0 saturated carbocycles. The molecule has 2 rings (SSSR count). The highest BCUT2D eigenvalue weighted by Gasteiger charge is 2.65. The molecule has 2 N–H and O–H groups in total. The summed E-state index contributed by atoms with van der Waals surface area (Å²) in [5.74, 6) is -3.37. The lowest BCUT2D eigenvalue weighted by atomic mass is 10.3. The molecule has 0 spiro atoms. The number of benzene rings is 1. The third kappa shape index (κ3) is 2.38. The molecule has 0 fully saturated rings. The second-order valence-electron chi connectivity index (χ2n) is 3.75. The fourth-order valence-electron chi connectivity index (χ4n) is 1.54. The van der Waals surface area contributed by atoms with E-state index in [2.05, 4.69) is 5.32 Å². The van der Waals surface area contributed by atoms with Crippen molar-refractivity contribution in [1.82, 2.24) is 10.6 Å². The maximum atomic E-state index is 13.1. The van der Waals surface area contributed by atoms with Crippen molar-refractivity contribution in [3.05, 3.63) is 24.3 Å². The molecule has 0 bridgehead atoms. The lowest BCUT2D eigenvalue weighted by Crippen LogP contribution is -2.66. The molecule has 0 unspecified atom stereocenters. The first-order chi connectivity index (χ1) is 8.88. The van der Waals surface area contributed by atoms with Gasteiger partial charge in [0.25, 0.3) is 0 Å². The first-order valence-corrected chi connectivity index (χ1v) is 5.48. The van der Waals surface area contributed by atoms with Crippen molar-refractivity contribution in [3.63, 3.8) is 0 Å². The normalized spacial score (nSPS) is 16.0. The van der Waals surface area contributed by atoms with Crippen molar-refractivity contribution in [2.75, 3.05) is 6.54 Å². The Hall–Kier alpha value is -2.12. The Balaban J connectivity index is 2.28. The molecule has 8 heteroatoms. The van der Waals surface area contributed by atoms with Crippen LogP contribution in [0.5, 0.6) is 11.5 Å². The maximum Gasteiger partial charge on any atom is 0.492 e. The molecular weight excluding hydrogens is 265 g/mol. The van der Waals surface area contributed by atoms with E-state index in [1.54, 1.807) is 12.2 Å². The van der Waals surface area contributed by atoms with Gasteiger partial charge in [-0.05, 0) is 19.1 Å². The molecule has 1 aromatic carbocycles. The molecule has 1 aliphatic heterocycles. The van der Waals surface area contributed by atoms with Crippen LogP contribution >= 0.6 is 0 Å². The summed E-state index contributed by atoms with van der Waals surface area (Å²) in [5, 5.41) is 3.85. The topological polar surface area (TPSA) is 59.6 Å². The first-order valence-electron chi connectivity index (χ1n) is 5.48. The lowest BCUT2D eigenvalue weighted by Gasteiger charge is -2.29. The summed E-state index contributed by atoms with van der Waals surface area (Å²) in [6, 6.07) is 4.61. The summed E-state index contributed by atoms with van der Waals surface area (Å²) in [6.45, 7) is 1.75. The zero-order chi connectivity index (χ0) is 14.1. The second kappa shape index (κ2) is 4.52. The molecule has 1 heterocycles. The fourth-order valence-corrected chi connectivity index (χ4v) is 1.54. The number of alkyl halides is 3. The SMILES string of the molecule is CCNC(=O)NC1(C(F)(F)F)Oc2ccccc2O1. The first kappa shape index (κ1) is 13.3. The number of amides is 2. The van der Waals surface area contributed by atoms with E-state index in [0.717, 1.165) is 0 Å². The number of fused-ring (bicyclic) bond motifs is 1. The highest BCUT2D eigenvalue weighted by molar-refractivity contribution is 5.74. The minimum atomic E-state index is -4.93. The Bertz CT molecular complexity index is 465. The third-order valence-corrected chi connectivity index (χ3v) is 2.35. The Morgan fingerprint density at radius 1 is 1.26 bits per heavy atom. The van der Waals surface area contributed by atoms with Gasteiger partial charge in [-0.1, -0.05) is 12.1 Å². The van der Waals surface area contributed by atoms with E-state index in [0.29, 0.717) is 0 Å². The number of carbonyl (C=O) groups excluding carboxylic acids is 1. The lowest BCUT2D eigenvalue weighted by molar-refractivity contribution is -0.317. The van der Waals surface area contributed by atoms with Crippen LogP contribution in [0.15, 0.2) is 24.3 Å². The van der Waals surface area contributed by atoms with Gasteiger partial charge >= 0.3 is 18.1 Å². The molecule has 1 aliphatic rings. The largest absolute Gasteiger partial charge is 0.492 e. The minimum Gasteiger partial charge on any atom is -0.424 e. The van der Waals surface area contributed by atoms with Crippen molar-refractivity contribution >= 4 is 6.03 Å². The molecule has 0 atom stereocenters. The predicted octanol–water partition coefficient (Wildman–Crippen LogP) is 1.99. The molecule has 0 radical (unpaired) electrons. The molecule has 0 aliphatic carbocycles. The number of para-hydroxylation sites is 2. The second-order valence-corrected chi connectivity index (χ2v) is 3.75. The zero-order valence-corrected chi connectivity index (χ0v) is 9.88. The van der Waals surface area contributed by atoms with E-state index in [-0.39, 0.29) is 18.0 Å². The van der Waals surface area contributed by atoms with Crippen LogP contribution in [-0.2, 0) is 0 Å². The van der Waals surface area contributed by atoms with Gasteiger partial charge in [-0.2, -0.15) is 13.2 Å². The van der Waals surface area contributed by atoms with Gasteiger partial charge in [0, 0.05) is 6.54 Å². The monoisotopic (exact) mass is 276 g/mol. The Labute approximate surface area is 106 Å². The number of carbonyl (C=O) groups is 1. The Morgan fingerprint density at radius 3 is 2.21 bits per heavy atom. The van der Waals surface area contributed by atoms with Gasteiger partial charge in [-0.25, -0.2) is 4.79 Å². The van der Waals surface area contributed by atoms with Crippen molar-refractivity contribution in [2.24, 2.45) is 0 Å². The zero-order valence-electron chi connectivity index (χ0n) is 9.88. The third-order valence-electron chi connectivity index (χ3n) is 2.35.